The minimum atomic E-state index is -0.524. The van der Waals surface area contributed by atoms with Gasteiger partial charge in [0.05, 0.1) is 0 Å². The van der Waals surface area contributed by atoms with Gasteiger partial charge in [-0.05, 0) is 26.0 Å². The summed E-state index contributed by atoms with van der Waals surface area (Å²) >= 11 is 0. The van der Waals surface area contributed by atoms with Crippen LogP contribution < -0.4 is 9.64 Å². The van der Waals surface area contributed by atoms with Gasteiger partial charge in [0, 0.05) is 32.7 Å². The number of amides is 1. The Labute approximate surface area is 162 Å². The lowest BCUT2D eigenvalue weighted by atomic mass is 10.2. The molecule has 1 aliphatic rings. The lowest BCUT2D eigenvalue weighted by molar-refractivity contribution is -0.138. The van der Waals surface area contributed by atoms with Gasteiger partial charge in [0.2, 0.25) is 0 Å². The summed E-state index contributed by atoms with van der Waals surface area (Å²) in [7, 11) is 0. The maximum Gasteiger partial charge on any atom is 0.263 e. The van der Waals surface area contributed by atoms with Crippen LogP contribution in [0.1, 0.15) is 13.8 Å². The Balaban J connectivity index is 1.41. The number of hydrogen-bond acceptors (Lipinski definition) is 7. The number of anilines is 1. The second kappa shape index (κ2) is 7.79. The van der Waals surface area contributed by atoms with Gasteiger partial charge in [-0.25, -0.2) is 14.6 Å². The molecule has 2 aromatic heterocycles. The number of benzene rings is 1. The molecule has 0 radical (unpaired) electrons. The number of hydrogen-bond donors (Lipinski definition) is 0. The summed E-state index contributed by atoms with van der Waals surface area (Å²) in [4.78, 5) is 25.4. The third-order valence-corrected chi connectivity index (χ3v) is 4.88. The van der Waals surface area contributed by atoms with Gasteiger partial charge in [-0.15, -0.1) is 5.10 Å². The average molecular weight is 381 g/mol. The maximum absolute atomic E-state index is 12.7. The van der Waals surface area contributed by atoms with Gasteiger partial charge in [-0.3, -0.25) is 4.79 Å². The van der Waals surface area contributed by atoms with Crippen molar-refractivity contribution in [1.29, 1.82) is 0 Å². The number of piperazine rings is 1. The lowest BCUT2D eigenvalue weighted by Gasteiger charge is -2.36. The van der Waals surface area contributed by atoms with Crippen LogP contribution in [0.25, 0.3) is 11.2 Å². The van der Waals surface area contributed by atoms with E-state index in [2.05, 4.69) is 25.2 Å². The second-order valence-corrected chi connectivity index (χ2v) is 6.66. The van der Waals surface area contributed by atoms with E-state index in [0.717, 1.165) is 11.5 Å². The van der Waals surface area contributed by atoms with Crippen LogP contribution in [-0.2, 0) is 11.3 Å². The van der Waals surface area contributed by atoms with E-state index in [9.17, 15) is 4.79 Å². The van der Waals surface area contributed by atoms with Crippen LogP contribution in [0.15, 0.2) is 36.7 Å². The monoisotopic (exact) mass is 381 g/mol. The maximum atomic E-state index is 12.7. The van der Waals surface area contributed by atoms with Gasteiger partial charge in [0.25, 0.3) is 5.91 Å². The quantitative estimate of drug-likeness (QED) is 0.659. The summed E-state index contributed by atoms with van der Waals surface area (Å²) in [6.45, 7) is 7.06. The summed E-state index contributed by atoms with van der Waals surface area (Å²) in [5.74, 6) is 1.46. The highest BCUT2D eigenvalue weighted by atomic mass is 16.5. The summed E-state index contributed by atoms with van der Waals surface area (Å²) < 4.78 is 7.52. The molecule has 1 atom stereocenters. The molecule has 4 rings (SSSR count). The second-order valence-electron chi connectivity index (χ2n) is 6.66. The van der Waals surface area contributed by atoms with Gasteiger partial charge in [-0.2, -0.15) is 0 Å². The van der Waals surface area contributed by atoms with Crippen molar-refractivity contribution in [2.75, 3.05) is 31.1 Å². The van der Waals surface area contributed by atoms with Gasteiger partial charge in [-0.1, -0.05) is 23.4 Å². The van der Waals surface area contributed by atoms with Gasteiger partial charge in [0.15, 0.2) is 23.1 Å². The van der Waals surface area contributed by atoms with Gasteiger partial charge < -0.3 is 14.5 Å². The van der Waals surface area contributed by atoms with E-state index in [4.69, 9.17) is 4.74 Å². The molecule has 146 valence electrons. The number of rotatable bonds is 5. The number of para-hydroxylation sites is 1. The van der Waals surface area contributed by atoms with E-state index in [1.54, 1.807) is 17.9 Å². The molecular formula is C19H23N7O2. The number of fused-ring (bicyclic) bond motifs is 1. The van der Waals surface area contributed by atoms with Crippen LogP contribution in [-0.4, -0.2) is 68.1 Å². The highest BCUT2D eigenvalue weighted by Gasteiger charge is 2.28. The van der Waals surface area contributed by atoms with Gasteiger partial charge >= 0.3 is 0 Å². The zero-order valence-corrected chi connectivity index (χ0v) is 16.0. The minimum absolute atomic E-state index is 0.00624. The Morgan fingerprint density at radius 1 is 1.14 bits per heavy atom. The summed E-state index contributed by atoms with van der Waals surface area (Å²) in [5, 5.41) is 8.37. The molecule has 9 heteroatoms. The molecule has 0 N–H and O–H groups in total. The summed E-state index contributed by atoms with van der Waals surface area (Å²) in [5.41, 5.74) is 1.43. The number of carbonyl (C=O) groups is 1. The van der Waals surface area contributed by atoms with Crippen LogP contribution in [0.4, 0.5) is 5.82 Å². The number of ether oxygens (including phenoxy) is 1. The van der Waals surface area contributed by atoms with Crippen LogP contribution in [0.3, 0.4) is 0 Å². The zero-order valence-electron chi connectivity index (χ0n) is 16.0. The van der Waals surface area contributed by atoms with Crippen molar-refractivity contribution in [3.05, 3.63) is 36.7 Å². The van der Waals surface area contributed by atoms with E-state index in [0.29, 0.717) is 44.0 Å². The largest absolute Gasteiger partial charge is 0.481 e. The zero-order chi connectivity index (χ0) is 19.5. The SMILES string of the molecule is CCn1nnc2c(N3CCN(C(=O)C(C)Oc4ccccc4)CC3)ncnc21. The number of nitrogens with zero attached hydrogens (tertiary/aromatic N) is 7. The molecule has 1 aromatic carbocycles. The van der Waals surface area contributed by atoms with Crippen molar-refractivity contribution in [2.24, 2.45) is 0 Å². The molecule has 1 unspecified atom stereocenters. The van der Waals surface area contributed by atoms with E-state index in [1.165, 1.54) is 0 Å². The fraction of sp³-hybridized carbons (Fsp3) is 0.421. The Hall–Kier alpha value is -3.23. The van der Waals surface area contributed by atoms with Crippen LogP contribution in [0.2, 0.25) is 0 Å². The Bertz CT molecular complexity index is 951. The molecule has 3 aromatic rings. The number of aromatic nitrogens is 5. The average Bonchev–Trinajstić information content (AvgIpc) is 3.17. The lowest BCUT2D eigenvalue weighted by Crippen LogP contribution is -2.52. The molecule has 0 aliphatic carbocycles. The van der Waals surface area contributed by atoms with Crippen molar-refractivity contribution >= 4 is 22.9 Å². The van der Waals surface area contributed by atoms with Crippen LogP contribution >= 0.6 is 0 Å². The first-order valence-electron chi connectivity index (χ1n) is 9.47. The first kappa shape index (κ1) is 18.1. The number of carbonyl (C=O) groups excluding carboxylic acids is 1. The molecule has 0 spiro atoms. The Morgan fingerprint density at radius 3 is 2.61 bits per heavy atom. The molecule has 0 saturated carbocycles. The molecule has 28 heavy (non-hydrogen) atoms. The van der Waals surface area contributed by atoms with Gasteiger partial charge in [0.1, 0.15) is 12.1 Å². The predicted molar refractivity (Wildman–Crippen MR) is 104 cm³/mol. The van der Waals surface area contributed by atoms with Crippen LogP contribution in [0, 0.1) is 0 Å². The Kier molecular flexibility index (Phi) is 5.05. The smallest absolute Gasteiger partial charge is 0.263 e. The summed E-state index contributed by atoms with van der Waals surface area (Å²) in [6, 6.07) is 9.41. The van der Waals surface area contributed by atoms with Crippen molar-refractivity contribution < 1.29 is 9.53 Å². The van der Waals surface area contributed by atoms with Crippen molar-refractivity contribution in [2.45, 2.75) is 26.5 Å². The fourth-order valence-corrected chi connectivity index (χ4v) is 3.37. The third kappa shape index (κ3) is 3.47. The Morgan fingerprint density at radius 2 is 1.89 bits per heavy atom. The fourth-order valence-electron chi connectivity index (χ4n) is 3.37. The first-order chi connectivity index (χ1) is 13.7. The van der Waals surface area contributed by atoms with E-state index >= 15 is 0 Å². The molecule has 3 heterocycles. The summed E-state index contributed by atoms with van der Waals surface area (Å²) in [6.07, 6.45) is 1.02. The van der Waals surface area contributed by atoms with Crippen molar-refractivity contribution in [3.8, 4) is 5.75 Å². The number of aryl methyl sites for hydroxylation is 1. The standard InChI is InChI=1S/C19H23N7O2/c1-3-26-18-16(22-23-26)17(20-13-21-18)24-9-11-25(12-10-24)19(27)14(2)28-15-7-5-4-6-8-15/h4-8,13-14H,3,9-12H2,1-2H3. The molecule has 9 nitrogen and oxygen atoms in total. The highest BCUT2D eigenvalue weighted by Crippen LogP contribution is 2.22. The first-order valence-corrected chi connectivity index (χ1v) is 9.47. The van der Waals surface area contributed by atoms with E-state index < -0.39 is 6.10 Å². The molecule has 1 saturated heterocycles. The molecule has 1 amide bonds. The third-order valence-electron chi connectivity index (χ3n) is 4.88. The minimum Gasteiger partial charge on any atom is -0.481 e. The van der Waals surface area contributed by atoms with E-state index in [-0.39, 0.29) is 5.91 Å². The molecule has 1 fully saturated rings. The van der Waals surface area contributed by atoms with E-state index in [1.807, 2.05) is 42.2 Å². The topological polar surface area (TPSA) is 89.3 Å². The molecular weight excluding hydrogens is 358 g/mol. The predicted octanol–water partition coefficient (Wildman–Crippen LogP) is 1.36. The van der Waals surface area contributed by atoms with Crippen LogP contribution in [0.5, 0.6) is 5.75 Å². The van der Waals surface area contributed by atoms with Crippen molar-refractivity contribution in [3.63, 3.8) is 0 Å². The highest BCUT2D eigenvalue weighted by molar-refractivity contribution is 5.83. The normalized spacial score (nSPS) is 15.6. The molecule has 0 bridgehead atoms. The van der Waals surface area contributed by atoms with Crippen molar-refractivity contribution in [1.82, 2.24) is 29.9 Å². The molecule has 1 aliphatic heterocycles.